The number of carbonyl (C=O) groups excluding carboxylic acids is 1. The largest absolute Gasteiger partial charge is 0.507 e. The van der Waals surface area contributed by atoms with E-state index in [0.717, 1.165) is 10.8 Å². The van der Waals surface area contributed by atoms with Crippen LogP contribution in [-0.4, -0.2) is 22.0 Å². The molecule has 23 heavy (non-hydrogen) atoms. The van der Waals surface area contributed by atoms with Crippen molar-refractivity contribution in [3.8, 4) is 5.75 Å². The fraction of sp³-hybridized carbons (Fsp3) is 0. The fourth-order valence-corrected chi connectivity index (χ4v) is 2.49. The molecule has 0 unspecified atom stereocenters. The number of hydrogen-bond acceptors (Lipinski definition) is 4. The summed E-state index contributed by atoms with van der Waals surface area (Å²) in [5.41, 5.74) is 5.80. The number of aromatic hydroxyl groups is 1. The number of rotatable bonds is 3. The Morgan fingerprint density at radius 2 is 1.43 bits per heavy atom. The van der Waals surface area contributed by atoms with Gasteiger partial charge in [0.05, 0.1) is 11.1 Å². The van der Waals surface area contributed by atoms with E-state index in [1.54, 1.807) is 24.3 Å². The van der Waals surface area contributed by atoms with Crippen molar-refractivity contribution in [2.75, 3.05) is 5.73 Å². The summed E-state index contributed by atoms with van der Waals surface area (Å²) in [6.45, 7) is 0. The van der Waals surface area contributed by atoms with Crippen LogP contribution in [0.5, 0.6) is 5.75 Å². The van der Waals surface area contributed by atoms with E-state index in [0.29, 0.717) is 5.69 Å². The number of carbonyl (C=O) groups is 2. The van der Waals surface area contributed by atoms with Gasteiger partial charge >= 0.3 is 5.97 Å². The first-order valence-corrected chi connectivity index (χ1v) is 6.86. The van der Waals surface area contributed by atoms with Crippen molar-refractivity contribution in [2.45, 2.75) is 0 Å². The molecule has 0 aliphatic carbocycles. The molecule has 0 aromatic heterocycles. The molecule has 0 heterocycles. The van der Waals surface area contributed by atoms with E-state index in [-0.39, 0.29) is 22.4 Å². The minimum atomic E-state index is -1.20. The Kier molecular flexibility index (Phi) is 3.46. The Bertz CT molecular complexity index is 947. The second kappa shape index (κ2) is 5.46. The van der Waals surface area contributed by atoms with Gasteiger partial charge in [-0.15, -0.1) is 0 Å². The quantitative estimate of drug-likeness (QED) is 0.510. The predicted molar refractivity (Wildman–Crippen MR) is 86.9 cm³/mol. The van der Waals surface area contributed by atoms with E-state index in [2.05, 4.69) is 0 Å². The summed E-state index contributed by atoms with van der Waals surface area (Å²) < 4.78 is 0. The standard InChI is InChI=1S/C18H13NO4/c19-12-5-6-13(16(20)9-12)17(21)14-7-10-3-1-2-4-11(10)8-15(14)18(22)23/h1-9,20H,19H2,(H,22,23). The molecule has 0 atom stereocenters. The van der Waals surface area contributed by atoms with Crippen molar-refractivity contribution in [1.82, 2.24) is 0 Å². The van der Waals surface area contributed by atoms with E-state index in [4.69, 9.17) is 5.73 Å². The number of carboxylic acids is 1. The molecule has 4 N–H and O–H groups in total. The zero-order valence-electron chi connectivity index (χ0n) is 12.0. The van der Waals surface area contributed by atoms with Gasteiger partial charge in [-0.2, -0.15) is 0 Å². The van der Waals surface area contributed by atoms with Crippen LogP contribution in [0.25, 0.3) is 10.8 Å². The average molecular weight is 307 g/mol. The van der Waals surface area contributed by atoms with Crippen molar-refractivity contribution < 1.29 is 19.8 Å². The molecule has 0 spiro atoms. The maximum Gasteiger partial charge on any atom is 0.336 e. The molecule has 0 saturated heterocycles. The van der Waals surface area contributed by atoms with E-state index >= 15 is 0 Å². The van der Waals surface area contributed by atoms with Gasteiger partial charge in [0, 0.05) is 17.3 Å². The molecular formula is C18H13NO4. The molecule has 0 saturated carbocycles. The lowest BCUT2D eigenvalue weighted by atomic mass is 9.94. The molecule has 0 bridgehead atoms. The first kappa shape index (κ1) is 14.6. The normalized spacial score (nSPS) is 10.6. The van der Waals surface area contributed by atoms with Gasteiger partial charge in [0.1, 0.15) is 5.75 Å². The van der Waals surface area contributed by atoms with Crippen LogP contribution >= 0.6 is 0 Å². The van der Waals surface area contributed by atoms with Crippen LogP contribution in [0, 0.1) is 0 Å². The molecular weight excluding hydrogens is 294 g/mol. The summed E-state index contributed by atoms with van der Waals surface area (Å²) in [5.74, 6) is -2.04. The number of aromatic carboxylic acids is 1. The number of hydrogen-bond donors (Lipinski definition) is 3. The Morgan fingerprint density at radius 3 is 2.00 bits per heavy atom. The predicted octanol–water partition coefficient (Wildman–Crippen LogP) is 3.06. The van der Waals surface area contributed by atoms with E-state index in [1.165, 1.54) is 30.3 Å². The number of nitrogen functional groups attached to an aromatic ring is 1. The van der Waals surface area contributed by atoms with E-state index in [9.17, 15) is 19.8 Å². The third-order valence-electron chi connectivity index (χ3n) is 3.63. The summed E-state index contributed by atoms with van der Waals surface area (Å²) in [6, 6.07) is 14.3. The monoisotopic (exact) mass is 307 g/mol. The topological polar surface area (TPSA) is 101 Å². The van der Waals surface area contributed by atoms with Crippen molar-refractivity contribution in [2.24, 2.45) is 0 Å². The van der Waals surface area contributed by atoms with Crippen LogP contribution in [0.1, 0.15) is 26.3 Å². The second-order valence-electron chi connectivity index (χ2n) is 5.16. The van der Waals surface area contributed by atoms with Gasteiger partial charge in [-0.1, -0.05) is 24.3 Å². The number of anilines is 1. The number of phenols is 1. The highest BCUT2D eigenvalue weighted by atomic mass is 16.4. The third-order valence-corrected chi connectivity index (χ3v) is 3.63. The Morgan fingerprint density at radius 1 is 0.826 bits per heavy atom. The van der Waals surface area contributed by atoms with Gasteiger partial charge < -0.3 is 15.9 Å². The Balaban J connectivity index is 2.23. The zero-order valence-corrected chi connectivity index (χ0v) is 12.0. The van der Waals surface area contributed by atoms with Gasteiger partial charge in [-0.25, -0.2) is 4.79 Å². The Labute approximate surface area is 131 Å². The van der Waals surface area contributed by atoms with Crippen molar-refractivity contribution in [3.63, 3.8) is 0 Å². The van der Waals surface area contributed by atoms with Gasteiger partial charge in [-0.3, -0.25) is 4.79 Å². The third kappa shape index (κ3) is 2.60. The number of benzene rings is 3. The van der Waals surface area contributed by atoms with Crippen LogP contribution in [0.4, 0.5) is 5.69 Å². The molecule has 5 heteroatoms. The lowest BCUT2D eigenvalue weighted by Gasteiger charge is -2.09. The molecule has 0 amide bonds. The zero-order chi connectivity index (χ0) is 16.6. The molecule has 114 valence electrons. The highest BCUT2D eigenvalue weighted by molar-refractivity contribution is 6.17. The van der Waals surface area contributed by atoms with Crippen LogP contribution in [0.2, 0.25) is 0 Å². The molecule has 3 rings (SSSR count). The van der Waals surface area contributed by atoms with E-state index in [1.807, 2.05) is 0 Å². The highest BCUT2D eigenvalue weighted by Crippen LogP contribution is 2.27. The smallest absolute Gasteiger partial charge is 0.336 e. The lowest BCUT2D eigenvalue weighted by Crippen LogP contribution is -2.10. The SMILES string of the molecule is Nc1ccc(C(=O)c2cc3ccccc3cc2C(=O)O)c(O)c1. The van der Waals surface area contributed by atoms with Crippen molar-refractivity contribution in [1.29, 1.82) is 0 Å². The van der Waals surface area contributed by atoms with Gasteiger partial charge in [0.15, 0.2) is 5.78 Å². The van der Waals surface area contributed by atoms with Crippen LogP contribution in [0.15, 0.2) is 54.6 Å². The maximum atomic E-state index is 12.7. The minimum absolute atomic E-state index is 0.0111. The van der Waals surface area contributed by atoms with E-state index < -0.39 is 11.8 Å². The molecule has 0 aliphatic heterocycles. The summed E-state index contributed by atoms with van der Waals surface area (Å²) in [5, 5.41) is 20.8. The average Bonchev–Trinajstić information content (AvgIpc) is 2.53. The molecule has 5 nitrogen and oxygen atoms in total. The first-order chi connectivity index (χ1) is 11.0. The highest BCUT2D eigenvalue weighted by Gasteiger charge is 2.21. The van der Waals surface area contributed by atoms with Gasteiger partial charge in [-0.05, 0) is 35.0 Å². The number of ketones is 1. The molecule has 3 aromatic rings. The summed E-state index contributed by atoms with van der Waals surface area (Å²) in [6.07, 6.45) is 0. The van der Waals surface area contributed by atoms with Crippen LogP contribution in [-0.2, 0) is 0 Å². The first-order valence-electron chi connectivity index (χ1n) is 6.86. The molecule has 3 aromatic carbocycles. The van der Waals surface area contributed by atoms with Crippen molar-refractivity contribution in [3.05, 3.63) is 71.3 Å². The second-order valence-corrected chi connectivity index (χ2v) is 5.16. The number of carboxylic acid groups (broad SMARTS) is 1. The Hall–Kier alpha value is -3.34. The van der Waals surface area contributed by atoms with Crippen molar-refractivity contribution >= 4 is 28.2 Å². The summed E-state index contributed by atoms with van der Waals surface area (Å²) in [4.78, 5) is 24.2. The maximum absolute atomic E-state index is 12.7. The summed E-state index contributed by atoms with van der Waals surface area (Å²) in [7, 11) is 0. The fourth-order valence-electron chi connectivity index (χ4n) is 2.49. The molecule has 0 aliphatic rings. The number of phenolic OH excluding ortho intramolecular Hbond substituents is 1. The number of nitrogens with two attached hydrogens (primary N) is 1. The van der Waals surface area contributed by atoms with Gasteiger partial charge in [0.25, 0.3) is 0 Å². The minimum Gasteiger partial charge on any atom is -0.507 e. The van der Waals surface area contributed by atoms with Crippen LogP contribution < -0.4 is 5.73 Å². The molecule has 0 fully saturated rings. The summed E-state index contributed by atoms with van der Waals surface area (Å²) >= 11 is 0. The molecule has 0 radical (unpaired) electrons. The van der Waals surface area contributed by atoms with Gasteiger partial charge in [0.2, 0.25) is 0 Å². The number of fused-ring (bicyclic) bond motifs is 1. The lowest BCUT2D eigenvalue weighted by molar-refractivity contribution is 0.0693. The van der Waals surface area contributed by atoms with Crippen LogP contribution in [0.3, 0.4) is 0 Å².